The van der Waals surface area contributed by atoms with Crippen molar-refractivity contribution in [2.24, 2.45) is 5.92 Å². The monoisotopic (exact) mass is 232 g/mol. The van der Waals surface area contributed by atoms with Gasteiger partial charge in [-0.1, -0.05) is 0 Å². The fourth-order valence-electron chi connectivity index (χ4n) is 2.23. The molecule has 0 aromatic rings. The van der Waals surface area contributed by atoms with Gasteiger partial charge in [0.1, 0.15) is 5.88 Å². The van der Waals surface area contributed by atoms with Crippen LogP contribution in [0.3, 0.4) is 0 Å². The average Bonchev–Trinajstić information content (AvgIpc) is 2.17. The second-order valence-corrected chi connectivity index (χ2v) is 5.25. The van der Waals surface area contributed by atoms with E-state index in [0.717, 1.165) is 25.9 Å². The molecule has 0 atom stereocenters. The molecule has 0 aromatic heterocycles. The van der Waals surface area contributed by atoms with Gasteiger partial charge in [-0.15, -0.1) is 11.6 Å². The Hall–Kier alpha value is -0.280. The number of piperidine rings is 1. The molecule has 3 nitrogen and oxygen atoms in total. The topological polar surface area (TPSA) is 32.3 Å². The van der Waals surface area contributed by atoms with E-state index in [4.69, 9.17) is 11.6 Å². The Bertz CT molecular complexity index is 223. The molecule has 0 aliphatic carbocycles. The first-order chi connectivity index (χ1) is 6.95. The second kappa shape index (κ2) is 5.17. The van der Waals surface area contributed by atoms with Crippen LogP contribution in [0, 0.1) is 5.92 Å². The number of likely N-dealkylation sites (tertiary alicyclic amines) is 1. The minimum absolute atomic E-state index is 0.0516. The number of hydrogen-bond acceptors (Lipinski definition) is 2. The van der Waals surface area contributed by atoms with Crippen LogP contribution in [0.2, 0.25) is 0 Å². The number of nitrogens with one attached hydrogen (secondary N) is 1. The molecule has 0 radical (unpaired) electrons. The Morgan fingerprint density at radius 1 is 1.47 bits per heavy atom. The molecule has 1 heterocycles. The van der Waals surface area contributed by atoms with E-state index in [9.17, 15) is 4.79 Å². The molecule has 0 bridgehead atoms. The van der Waals surface area contributed by atoms with Crippen LogP contribution in [0.5, 0.6) is 0 Å². The van der Waals surface area contributed by atoms with Gasteiger partial charge in [0, 0.05) is 5.54 Å². The van der Waals surface area contributed by atoms with E-state index in [1.165, 1.54) is 0 Å². The summed E-state index contributed by atoms with van der Waals surface area (Å²) in [5, 5.41) is 3.00. The molecule has 1 aliphatic rings. The van der Waals surface area contributed by atoms with Crippen LogP contribution in [-0.4, -0.2) is 42.4 Å². The molecule has 15 heavy (non-hydrogen) atoms. The van der Waals surface area contributed by atoms with Gasteiger partial charge in [0.2, 0.25) is 5.91 Å². The molecule has 0 saturated carbocycles. The summed E-state index contributed by atoms with van der Waals surface area (Å²) in [6.45, 7) is 6.41. The number of alkyl halides is 1. The van der Waals surface area contributed by atoms with Gasteiger partial charge in [0.15, 0.2) is 0 Å². The molecule has 4 heteroatoms. The van der Waals surface area contributed by atoms with Crippen LogP contribution in [0.15, 0.2) is 0 Å². The summed E-state index contributed by atoms with van der Waals surface area (Å²) in [6.07, 6.45) is 2.29. The zero-order chi connectivity index (χ0) is 11.5. The van der Waals surface area contributed by atoms with Crippen molar-refractivity contribution < 1.29 is 4.79 Å². The summed E-state index contributed by atoms with van der Waals surface area (Å²) in [6, 6.07) is 0. The third kappa shape index (κ3) is 3.65. The number of hydrogen-bond donors (Lipinski definition) is 1. The Kier molecular flexibility index (Phi) is 4.41. The molecule has 1 aliphatic heterocycles. The maximum atomic E-state index is 11.3. The van der Waals surface area contributed by atoms with Gasteiger partial charge in [0.05, 0.1) is 0 Å². The molecule has 1 rings (SSSR count). The summed E-state index contributed by atoms with van der Waals surface area (Å²) in [7, 11) is 2.14. The normalized spacial score (nSPS) is 20.3. The van der Waals surface area contributed by atoms with Crippen LogP contribution in [0.1, 0.15) is 26.7 Å². The zero-order valence-corrected chi connectivity index (χ0v) is 10.6. The van der Waals surface area contributed by atoms with E-state index in [-0.39, 0.29) is 17.3 Å². The van der Waals surface area contributed by atoms with Crippen molar-refractivity contribution in [2.45, 2.75) is 32.2 Å². The second-order valence-electron chi connectivity index (χ2n) is 4.98. The largest absolute Gasteiger partial charge is 0.350 e. The lowest BCUT2D eigenvalue weighted by molar-refractivity contribution is -0.121. The number of nitrogens with zero attached hydrogens (tertiary/aromatic N) is 1. The molecular weight excluding hydrogens is 212 g/mol. The van der Waals surface area contributed by atoms with Crippen LogP contribution in [0.25, 0.3) is 0 Å². The lowest BCUT2D eigenvalue weighted by Crippen LogP contribution is -2.52. The lowest BCUT2D eigenvalue weighted by atomic mass is 9.80. The van der Waals surface area contributed by atoms with E-state index in [1.807, 2.05) is 0 Å². The van der Waals surface area contributed by atoms with Crippen LogP contribution >= 0.6 is 11.6 Å². The number of amides is 1. The van der Waals surface area contributed by atoms with Crippen LogP contribution in [-0.2, 0) is 4.79 Å². The maximum Gasteiger partial charge on any atom is 0.235 e. The maximum absolute atomic E-state index is 11.3. The van der Waals surface area contributed by atoms with E-state index in [1.54, 1.807) is 0 Å². The summed E-state index contributed by atoms with van der Waals surface area (Å²) in [5.41, 5.74) is -0.132. The molecule has 0 aromatic carbocycles. The SMILES string of the molecule is CN1CCC(C(C)(C)NC(=O)CCl)CC1. The van der Waals surface area contributed by atoms with Gasteiger partial charge in [-0.05, 0) is 52.7 Å². The van der Waals surface area contributed by atoms with Crippen molar-refractivity contribution in [3.63, 3.8) is 0 Å². The van der Waals surface area contributed by atoms with E-state index in [0.29, 0.717) is 5.92 Å². The van der Waals surface area contributed by atoms with E-state index >= 15 is 0 Å². The van der Waals surface area contributed by atoms with E-state index < -0.39 is 0 Å². The molecule has 1 saturated heterocycles. The smallest absolute Gasteiger partial charge is 0.235 e. The molecule has 1 amide bonds. The molecular formula is C11H21ClN2O. The Balaban J connectivity index is 2.49. The van der Waals surface area contributed by atoms with E-state index in [2.05, 4.69) is 31.1 Å². The van der Waals surface area contributed by atoms with Crippen molar-refractivity contribution in [2.75, 3.05) is 26.0 Å². The number of halogens is 1. The van der Waals surface area contributed by atoms with Crippen molar-refractivity contribution in [1.82, 2.24) is 10.2 Å². The number of carbonyl (C=O) groups is 1. The van der Waals surface area contributed by atoms with Gasteiger partial charge in [0.25, 0.3) is 0 Å². The van der Waals surface area contributed by atoms with Crippen LogP contribution in [0.4, 0.5) is 0 Å². The first-order valence-corrected chi connectivity index (χ1v) is 6.04. The first kappa shape index (κ1) is 12.8. The van der Waals surface area contributed by atoms with Gasteiger partial charge >= 0.3 is 0 Å². The average molecular weight is 233 g/mol. The minimum Gasteiger partial charge on any atom is -0.350 e. The highest BCUT2D eigenvalue weighted by Gasteiger charge is 2.32. The third-order valence-corrected chi connectivity index (χ3v) is 3.56. The van der Waals surface area contributed by atoms with Gasteiger partial charge in [-0.25, -0.2) is 0 Å². The summed E-state index contributed by atoms with van der Waals surface area (Å²) >= 11 is 5.50. The predicted octanol–water partition coefficient (Wildman–Crippen LogP) is 1.46. The minimum atomic E-state index is -0.132. The number of rotatable bonds is 3. The molecule has 0 spiro atoms. The van der Waals surface area contributed by atoms with Crippen molar-refractivity contribution in [3.8, 4) is 0 Å². The highest BCUT2D eigenvalue weighted by atomic mass is 35.5. The number of carbonyl (C=O) groups excluding carboxylic acids is 1. The Morgan fingerprint density at radius 3 is 2.47 bits per heavy atom. The van der Waals surface area contributed by atoms with Gasteiger partial charge in [-0.3, -0.25) is 4.79 Å². The summed E-state index contributed by atoms with van der Waals surface area (Å²) < 4.78 is 0. The van der Waals surface area contributed by atoms with Crippen molar-refractivity contribution in [3.05, 3.63) is 0 Å². The van der Waals surface area contributed by atoms with Crippen molar-refractivity contribution >= 4 is 17.5 Å². The molecule has 0 unspecified atom stereocenters. The Morgan fingerprint density at radius 2 is 2.00 bits per heavy atom. The van der Waals surface area contributed by atoms with Crippen LogP contribution < -0.4 is 5.32 Å². The fourth-order valence-corrected chi connectivity index (χ4v) is 2.29. The quantitative estimate of drug-likeness (QED) is 0.748. The Labute approximate surface area is 97.2 Å². The van der Waals surface area contributed by atoms with Gasteiger partial charge in [-0.2, -0.15) is 0 Å². The molecule has 88 valence electrons. The highest BCUT2D eigenvalue weighted by molar-refractivity contribution is 6.27. The fraction of sp³-hybridized carbons (Fsp3) is 0.909. The van der Waals surface area contributed by atoms with Gasteiger partial charge < -0.3 is 10.2 Å². The standard InChI is InChI=1S/C11H21ClN2O/c1-11(2,13-10(15)8-12)9-4-6-14(3)7-5-9/h9H,4-8H2,1-3H3,(H,13,15). The lowest BCUT2D eigenvalue weighted by Gasteiger charge is -2.40. The predicted molar refractivity (Wildman–Crippen MR) is 63.2 cm³/mol. The third-order valence-electron chi connectivity index (χ3n) is 3.32. The zero-order valence-electron chi connectivity index (χ0n) is 9.85. The molecule has 1 N–H and O–H groups in total. The molecule has 1 fully saturated rings. The summed E-state index contributed by atoms with van der Waals surface area (Å²) in [4.78, 5) is 13.6. The highest BCUT2D eigenvalue weighted by Crippen LogP contribution is 2.27. The summed E-state index contributed by atoms with van der Waals surface area (Å²) in [5.74, 6) is 0.539. The first-order valence-electron chi connectivity index (χ1n) is 5.51. The van der Waals surface area contributed by atoms with Crippen molar-refractivity contribution in [1.29, 1.82) is 0 Å².